The van der Waals surface area contributed by atoms with E-state index in [9.17, 15) is 4.79 Å². The SMILES string of the molecule is CON(C)C(=O)CC1SCCS1. The fourth-order valence-corrected chi connectivity index (χ4v) is 3.68. The molecule has 0 N–H and O–H groups in total. The van der Waals surface area contributed by atoms with E-state index < -0.39 is 0 Å². The molecule has 1 saturated heterocycles. The number of thioether (sulfide) groups is 2. The van der Waals surface area contributed by atoms with Crippen LogP contribution in [0.2, 0.25) is 0 Å². The highest BCUT2D eigenvalue weighted by Crippen LogP contribution is 2.34. The highest BCUT2D eigenvalue weighted by molar-refractivity contribution is 8.20. The number of hydroxylamine groups is 2. The lowest BCUT2D eigenvalue weighted by atomic mass is 10.4. The molecule has 0 aromatic rings. The van der Waals surface area contributed by atoms with Crippen molar-refractivity contribution in [3.8, 4) is 0 Å². The monoisotopic (exact) mass is 207 g/mol. The number of hydrogen-bond acceptors (Lipinski definition) is 4. The number of nitrogens with zero attached hydrogens (tertiary/aromatic N) is 1. The molecule has 1 fully saturated rings. The Bertz CT molecular complexity index is 159. The molecule has 0 saturated carbocycles. The molecule has 1 rings (SSSR count). The van der Waals surface area contributed by atoms with Crippen LogP contribution >= 0.6 is 23.5 Å². The molecule has 70 valence electrons. The van der Waals surface area contributed by atoms with E-state index in [0.717, 1.165) is 0 Å². The molecule has 1 heterocycles. The Balaban J connectivity index is 2.25. The summed E-state index contributed by atoms with van der Waals surface area (Å²) in [5.41, 5.74) is 0. The first-order chi connectivity index (χ1) is 5.74. The smallest absolute Gasteiger partial charge is 0.247 e. The standard InChI is InChI=1S/C7H13NO2S2/c1-8(10-2)6(9)5-7-11-3-4-12-7/h7H,3-5H2,1-2H3. The van der Waals surface area contributed by atoms with Crippen LogP contribution in [0.3, 0.4) is 0 Å². The van der Waals surface area contributed by atoms with E-state index in [0.29, 0.717) is 11.0 Å². The lowest BCUT2D eigenvalue weighted by Gasteiger charge is -2.15. The maximum atomic E-state index is 11.3. The van der Waals surface area contributed by atoms with E-state index in [-0.39, 0.29) is 5.91 Å². The van der Waals surface area contributed by atoms with Crippen molar-refractivity contribution in [3.05, 3.63) is 0 Å². The topological polar surface area (TPSA) is 29.5 Å². The number of hydrogen-bond donors (Lipinski definition) is 0. The van der Waals surface area contributed by atoms with Crippen molar-refractivity contribution >= 4 is 29.4 Å². The molecular weight excluding hydrogens is 194 g/mol. The van der Waals surface area contributed by atoms with Gasteiger partial charge in [0, 0.05) is 25.0 Å². The number of amides is 1. The third kappa shape index (κ3) is 2.88. The van der Waals surface area contributed by atoms with Crippen LogP contribution in [0, 0.1) is 0 Å². The molecule has 0 aliphatic carbocycles. The van der Waals surface area contributed by atoms with Gasteiger partial charge in [-0.25, -0.2) is 5.06 Å². The molecule has 1 aliphatic heterocycles. The van der Waals surface area contributed by atoms with Gasteiger partial charge in [-0.15, -0.1) is 23.5 Å². The molecule has 1 aliphatic rings. The van der Waals surface area contributed by atoms with Crippen LogP contribution in [0.25, 0.3) is 0 Å². The fourth-order valence-electron chi connectivity index (χ4n) is 0.898. The number of carbonyl (C=O) groups is 1. The molecule has 1 amide bonds. The summed E-state index contributed by atoms with van der Waals surface area (Å²) in [5, 5.41) is 1.29. The van der Waals surface area contributed by atoms with E-state index in [4.69, 9.17) is 4.84 Å². The molecule has 0 spiro atoms. The summed E-state index contributed by atoms with van der Waals surface area (Å²) >= 11 is 3.72. The summed E-state index contributed by atoms with van der Waals surface area (Å²) in [6.07, 6.45) is 0.583. The second-order valence-corrected chi connectivity index (χ2v) is 5.37. The van der Waals surface area contributed by atoms with E-state index >= 15 is 0 Å². The first-order valence-electron chi connectivity index (χ1n) is 3.78. The number of rotatable bonds is 3. The van der Waals surface area contributed by atoms with Crippen LogP contribution in [0.15, 0.2) is 0 Å². The van der Waals surface area contributed by atoms with Crippen molar-refractivity contribution in [3.63, 3.8) is 0 Å². The molecule has 12 heavy (non-hydrogen) atoms. The van der Waals surface area contributed by atoms with E-state index in [1.54, 1.807) is 7.05 Å². The van der Waals surface area contributed by atoms with Crippen molar-refractivity contribution in [2.24, 2.45) is 0 Å². The third-order valence-corrected chi connectivity index (χ3v) is 4.69. The van der Waals surface area contributed by atoms with Gasteiger partial charge in [0.05, 0.1) is 11.7 Å². The molecule has 3 nitrogen and oxygen atoms in total. The van der Waals surface area contributed by atoms with Gasteiger partial charge in [0.2, 0.25) is 5.91 Å². The van der Waals surface area contributed by atoms with Gasteiger partial charge in [0.15, 0.2) is 0 Å². The molecule has 0 atom stereocenters. The fraction of sp³-hybridized carbons (Fsp3) is 0.857. The Labute approximate surface area is 81.2 Å². The predicted molar refractivity (Wildman–Crippen MR) is 53.1 cm³/mol. The Morgan fingerprint density at radius 3 is 2.67 bits per heavy atom. The summed E-state index contributed by atoms with van der Waals surface area (Å²) in [6.45, 7) is 0. The van der Waals surface area contributed by atoms with Gasteiger partial charge in [-0.2, -0.15) is 0 Å². The van der Waals surface area contributed by atoms with E-state index in [1.807, 2.05) is 23.5 Å². The van der Waals surface area contributed by atoms with Crippen LogP contribution in [0.5, 0.6) is 0 Å². The van der Waals surface area contributed by atoms with Crippen molar-refractivity contribution in [1.82, 2.24) is 5.06 Å². The molecule has 0 bridgehead atoms. The largest absolute Gasteiger partial charge is 0.275 e. The molecule has 0 aromatic heterocycles. The van der Waals surface area contributed by atoms with Gasteiger partial charge < -0.3 is 0 Å². The summed E-state index contributed by atoms with van der Waals surface area (Å²) in [6, 6.07) is 0. The average molecular weight is 207 g/mol. The summed E-state index contributed by atoms with van der Waals surface area (Å²) in [4.78, 5) is 16.1. The Morgan fingerprint density at radius 2 is 2.17 bits per heavy atom. The Morgan fingerprint density at radius 1 is 1.58 bits per heavy atom. The van der Waals surface area contributed by atoms with Gasteiger partial charge in [0.1, 0.15) is 0 Å². The number of carbonyl (C=O) groups excluding carboxylic acids is 1. The molecular formula is C7H13NO2S2. The van der Waals surface area contributed by atoms with Crippen LogP contribution in [0.1, 0.15) is 6.42 Å². The zero-order valence-corrected chi connectivity index (χ0v) is 8.91. The minimum Gasteiger partial charge on any atom is -0.275 e. The van der Waals surface area contributed by atoms with Gasteiger partial charge in [0.25, 0.3) is 0 Å². The predicted octanol–water partition coefficient (Wildman–Crippen LogP) is 1.20. The van der Waals surface area contributed by atoms with Crippen LogP contribution in [0.4, 0.5) is 0 Å². The Hall–Kier alpha value is 0.130. The summed E-state index contributed by atoms with van der Waals surface area (Å²) in [7, 11) is 3.15. The first-order valence-corrected chi connectivity index (χ1v) is 5.87. The van der Waals surface area contributed by atoms with E-state index in [1.165, 1.54) is 23.7 Å². The lowest BCUT2D eigenvalue weighted by Crippen LogP contribution is -2.26. The highest BCUT2D eigenvalue weighted by atomic mass is 32.2. The zero-order chi connectivity index (χ0) is 8.97. The van der Waals surface area contributed by atoms with Gasteiger partial charge in [-0.05, 0) is 0 Å². The van der Waals surface area contributed by atoms with Crippen molar-refractivity contribution in [2.45, 2.75) is 11.0 Å². The lowest BCUT2D eigenvalue weighted by molar-refractivity contribution is -0.168. The second kappa shape index (κ2) is 4.99. The van der Waals surface area contributed by atoms with Crippen LogP contribution in [-0.2, 0) is 9.63 Å². The molecule has 5 heteroatoms. The highest BCUT2D eigenvalue weighted by Gasteiger charge is 2.21. The third-order valence-electron chi connectivity index (χ3n) is 1.66. The van der Waals surface area contributed by atoms with Crippen molar-refractivity contribution < 1.29 is 9.63 Å². The van der Waals surface area contributed by atoms with Crippen molar-refractivity contribution in [2.75, 3.05) is 25.7 Å². The molecule has 0 aromatic carbocycles. The minimum absolute atomic E-state index is 0.0596. The van der Waals surface area contributed by atoms with Gasteiger partial charge in [-0.1, -0.05) is 0 Å². The van der Waals surface area contributed by atoms with Crippen molar-refractivity contribution in [1.29, 1.82) is 0 Å². The van der Waals surface area contributed by atoms with Gasteiger partial charge >= 0.3 is 0 Å². The molecule has 0 unspecified atom stereocenters. The average Bonchev–Trinajstić information content (AvgIpc) is 2.55. The molecule has 0 radical (unpaired) electrons. The minimum atomic E-state index is 0.0596. The summed E-state index contributed by atoms with van der Waals surface area (Å²) in [5.74, 6) is 2.39. The quantitative estimate of drug-likeness (QED) is 0.650. The maximum absolute atomic E-state index is 11.3. The zero-order valence-electron chi connectivity index (χ0n) is 7.28. The Kier molecular flexibility index (Phi) is 4.25. The normalized spacial score (nSPS) is 18.2. The summed E-state index contributed by atoms with van der Waals surface area (Å²) < 4.78 is 0.440. The maximum Gasteiger partial charge on any atom is 0.247 e. The van der Waals surface area contributed by atoms with Crippen LogP contribution < -0.4 is 0 Å². The van der Waals surface area contributed by atoms with E-state index in [2.05, 4.69) is 0 Å². The van der Waals surface area contributed by atoms with Crippen LogP contribution in [-0.4, -0.2) is 41.2 Å². The van der Waals surface area contributed by atoms with Gasteiger partial charge in [-0.3, -0.25) is 9.63 Å². The first kappa shape index (κ1) is 10.2. The second-order valence-electron chi connectivity index (χ2n) is 2.45.